The van der Waals surface area contributed by atoms with Crippen LogP contribution in [0.15, 0.2) is 18.2 Å². The first-order chi connectivity index (χ1) is 8.54. The average molecular weight is 266 g/mol. The molecular weight excluding hydrogens is 244 g/mol. The highest BCUT2D eigenvalue weighted by Crippen LogP contribution is 2.13. The summed E-state index contributed by atoms with van der Waals surface area (Å²) in [6.07, 6.45) is 1.05. The standard InChI is InChI=1S/C14H22N2OS/c1-11-9-12(14(15)18)5-6-13(11)10-16(2)7-4-8-17-3/h5-6,9H,4,7-8,10H2,1-3H3,(H2,15,18). The van der Waals surface area contributed by atoms with E-state index in [-0.39, 0.29) is 0 Å². The zero-order valence-electron chi connectivity index (χ0n) is 11.4. The number of thiocarbonyl (C=S) groups is 1. The van der Waals surface area contributed by atoms with E-state index in [0.29, 0.717) is 4.99 Å². The number of nitrogens with two attached hydrogens (primary N) is 1. The molecule has 0 atom stereocenters. The van der Waals surface area contributed by atoms with Crippen LogP contribution in [-0.2, 0) is 11.3 Å². The molecule has 0 unspecified atom stereocenters. The van der Waals surface area contributed by atoms with Gasteiger partial charge >= 0.3 is 0 Å². The summed E-state index contributed by atoms with van der Waals surface area (Å²) in [7, 11) is 3.86. The van der Waals surface area contributed by atoms with Crippen LogP contribution in [0.5, 0.6) is 0 Å². The normalized spacial score (nSPS) is 10.9. The molecule has 1 aromatic carbocycles. The van der Waals surface area contributed by atoms with Gasteiger partial charge in [0.25, 0.3) is 0 Å². The predicted molar refractivity (Wildman–Crippen MR) is 79.9 cm³/mol. The van der Waals surface area contributed by atoms with Crippen molar-refractivity contribution >= 4 is 17.2 Å². The minimum absolute atomic E-state index is 0.457. The molecule has 0 aliphatic rings. The van der Waals surface area contributed by atoms with Crippen molar-refractivity contribution in [2.45, 2.75) is 19.9 Å². The molecule has 4 heteroatoms. The highest BCUT2D eigenvalue weighted by molar-refractivity contribution is 7.80. The van der Waals surface area contributed by atoms with E-state index in [1.165, 1.54) is 11.1 Å². The molecule has 0 amide bonds. The molecule has 18 heavy (non-hydrogen) atoms. The smallest absolute Gasteiger partial charge is 0.103 e. The molecule has 2 N–H and O–H groups in total. The quantitative estimate of drug-likeness (QED) is 0.606. The van der Waals surface area contributed by atoms with Crippen molar-refractivity contribution in [1.82, 2.24) is 4.90 Å². The molecule has 100 valence electrons. The maximum absolute atomic E-state index is 5.62. The topological polar surface area (TPSA) is 38.5 Å². The molecule has 0 fully saturated rings. The van der Waals surface area contributed by atoms with Gasteiger partial charge in [0.1, 0.15) is 4.99 Å². The van der Waals surface area contributed by atoms with Gasteiger partial charge in [0.2, 0.25) is 0 Å². The second kappa shape index (κ2) is 7.46. The van der Waals surface area contributed by atoms with E-state index in [1.807, 2.05) is 6.07 Å². The molecule has 0 saturated heterocycles. The molecular formula is C14H22N2OS. The summed E-state index contributed by atoms with van der Waals surface area (Å²) < 4.78 is 5.05. The summed E-state index contributed by atoms with van der Waals surface area (Å²) in [5.41, 5.74) is 9.11. The van der Waals surface area contributed by atoms with Gasteiger partial charge in [-0.25, -0.2) is 0 Å². The molecule has 0 radical (unpaired) electrons. The number of aryl methyl sites for hydroxylation is 1. The SMILES string of the molecule is COCCCN(C)Cc1ccc(C(N)=S)cc1C. The van der Waals surface area contributed by atoms with Gasteiger partial charge in [0, 0.05) is 32.4 Å². The summed E-state index contributed by atoms with van der Waals surface area (Å²) in [6, 6.07) is 6.16. The van der Waals surface area contributed by atoms with Crippen LogP contribution in [0, 0.1) is 6.92 Å². The van der Waals surface area contributed by atoms with Crippen molar-refractivity contribution in [3.63, 3.8) is 0 Å². The van der Waals surface area contributed by atoms with Gasteiger partial charge in [-0.05, 0) is 37.6 Å². The van der Waals surface area contributed by atoms with Gasteiger partial charge in [-0.2, -0.15) is 0 Å². The third-order valence-electron chi connectivity index (χ3n) is 2.96. The summed E-state index contributed by atoms with van der Waals surface area (Å²) >= 11 is 4.98. The van der Waals surface area contributed by atoms with Crippen LogP contribution in [0.2, 0.25) is 0 Å². The zero-order chi connectivity index (χ0) is 13.5. The van der Waals surface area contributed by atoms with Crippen LogP contribution in [0.3, 0.4) is 0 Å². The molecule has 0 bridgehead atoms. The lowest BCUT2D eigenvalue weighted by Crippen LogP contribution is -2.21. The first-order valence-corrected chi connectivity index (χ1v) is 6.52. The van der Waals surface area contributed by atoms with Gasteiger partial charge in [0.15, 0.2) is 0 Å². The summed E-state index contributed by atoms with van der Waals surface area (Å²) in [6.45, 7) is 4.88. The van der Waals surface area contributed by atoms with E-state index in [4.69, 9.17) is 22.7 Å². The Morgan fingerprint density at radius 1 is 1.44 bits per heavy atom. The Morgan fingerprint density at radius 3 is 2.72 bits per heavy atom. The van der Waals surface area contributed by atoms with Crippen molar-refractivity contribution in [2.24, 2.45) is 5.73 Å². The van der Waals surface area contributed by atoms with E-state index in [2.05, 4.69) is 31.0 Å². The van der Waals surface area contributed by atoms with Gasteiger partial charge in [-0.1, -0.05) is 24.4 Å². The fraction of sp³-hybridized carbons (Fsp3) is 0.500. The highest BCUT2D eigenvalue weighted by atomic mass is 32.1. The Hall–Kier alpha value is -0.970. The first-order valence-electron chi connectivity index (χ1n) is 6.11. The molecule has 3 nitrogen and oxygen atoms in total. The second-order valence-electron chi connectivity index (χ2n) is 4.59. The van der Waals surface area contributed by atoms with E-state index in [1.54, 1.807) is 7.11 Å². The number of hydrogen-bond donors (Lipinski definition) is 1. The van der Waals surface area contributed by atoms with Gasteiger partial charge in [-0.15, -0.1) is 0 Å². The predicted octanol–water partition coefficient (Wildman–Crippen LogP) is 2.10. The maximum Gasteiger partial charge on any atom is 0.103 e. The van der Waals surface area contributed by atoms with E-state index in [9.17, 15) is 0 Å². The lowest BCUT2D eigenvalue weighted by atomic mass is 10.0. The third-order valence-corrected chi connectivity index (χ3v) is 3.19. The summed E-state index contributed by atoms with van der Waals surface area (Å²) in [5.74, 6) is 0. The molecule has 0 spiro atoms. The number of nitrogens with zero attached hydrogens (tertiary/aromatic N) is 1. The Balaban J connectivity index is 2.59. The summed E-state index contributed by atoms with van der Waals surface area (Å²) in [4.78, 5) is 2.75. The molecule has 1 rings (SSSR count). The number of rotatable bonds is 7. The monoisotopic (exact) mass is 266 g/mol. The average Bonchev–Trinajstić information content (AvgIpc) is 2.32. The van der Waals surface area contributed by atoms with Gasteiger partial charge < -0.3 is 15.4 Å². The van der Waals surface area contributed by atoms with Crippen LogP contribution in [-0.4, -0.2) is 37.2 Å². The molecule has 0 aliphatic heterocycles. The molecule has 0 saturated carbocycles. The highest BCUT2D eigenvalue weighted by Gasteiger charge is 2.05. The number of hydrogen-bond acceptors (Lipinski definition) is 3. The van der Waals surface area contributed by atoms with E-state index < -0.39 is 0 Å². The zero-order valence-corrected chi connectivity index (χ0v) is 12.2. The lowest BCUT2D eigenvalue weighted by Gasteiger charge is -2.18. The summed E-state index contributed by atoms with van der Waals surface area (Å²) in [5, 5.41) is 0. The Morgan fingerprint density at radius 2 is 2.17 bits per heavy atom. The van der Waals surface area contributed by atoms with Gasteiger partial charge in [-0.3, -0.25) is 0 Å². The maximum atomic E-state index is 5.62. The van der Waals surface area contributed by atoms with E-state index >= 15 is 0 Å². The lowest BCUT2D eigenvalue weighted by molar-refractivity contribution is 0.178. The van der Waals surface area contributed by atoms with Gasteiger partial charge in [0.05, 0.1) is 0 Å². The fourth-order valence-corrected chi connectivity index (χ4v) is 2.00. The minimum Gasteiger partial charge on any atom is -0.389 e. The number of benzene rings is 1. The second-order valence-corrected chi connectivity index (χ2v) is 5.03. The molecule has 0 aliphatic carbocycles. The van der Waals surface area contributed by atoms with Crippen molar-refractivity contribution in [1.29, 1.82) is 0 Å². The molecule has 0 aromatic heterocycles. The van der Waals surface area contributed by atoms with Crippen molar-refractivity contribution in [2.75, 3.05) is 27.3 Å². The van der Waals surface area contributed by atoms with Crippen LogP contribution in [0.4, 0.5) is 0 Å². The molecule has 1 aromatic rings. The fourth-order valence-electron chi connectivity index (χ4n) is 1.88. The molecule has 0 heterocycles. The van der Waals surface area contributed by atoms with Crippen molar-refractivity contribution in [3.8, 4) is 0 Å². The Kier molecular flexibility index (Phi) is 6.25. The number of ether oxygens (including phenoxy) is 1. The number of methoxy groups -OCH3 is 1. The van der Waals surface area contributed by atoms with Crippen LogP contribution in [0.1, 0.15) is 23.1 Å². The minimum atomic E-state index is 0.457. The van der Waals surface area contributed by atoms with Crippen LogP contribution < -0.4 is 5.73 Å². The van der Waals surface area contributed by atoms with Crippen LogP contribution >= 0.6 is 12.2 Å². The van der Waals surface area contributed by atoms with E-state index in [0.717, 1.165) is 31.7 Å². The largest absolute Gasteiger partial charge is 0.389 e. The van der Waals surface area contributed by atoms with Crippen LogP contribution in [0.25, 0.3) is 0 Å². The third kappa shape index (κ3) is 4.72. The van der Waals surface area contributed by atoms with Crippen molar-refractivity contribution < 1.29 is 4.74 Å². The first kappa shape index (κ1) is 15.1. The van der Waals surface area contributed by atoms with Crippen molar-refractivity contribution in [3.05, 3.63) is 34.9 Å². The Bertz CT molecular complexity index is 407. The Labute approximate surface area is 115 Å².